The number of ether oxygens (including phenoxy) is 2. The zero-order chi connectivity index (χ0) is 25.1. The summed E-state index contributed by atoms with van der Waals surface area (Å²) in [6.45, 7) is 1.03. The number of hydrogen-bond donors (Lipinski definition) is 1. The van der Waals surface area contributed by atoms with Crippen LogP contribution in [0.2, 0.25) is 0 Å². The molecule has 0 saturated carbocycles. The molecule has 1 aliphatic heterocycles. The molecule has 1 N–H and O–H groups in total. The van der Waals surface area contributed by atoms with E-state index in [0.717, 1.165) is 20.7 Å². The number of fused-ring (bicyclic) bond motifs is 1. The van der Waals surface area contributed by atoms with Crippen LogP contribution in [0.1, 0.15) is 10.4 Å². The first-order valence-corrected chi connectivity index (χ1v) is 12.2. The highest BCUT2D eigenvalue weighted by Gasteiger charge is 2.36. The number of hydrogen-bond acceptors (Lipinski definition) is 6. The average Bonchev–Trinajstić information content (AvgIpc) is 3.53. The molecule has 1 aliphatic rings. The molecule has 9 heteroatoms. The second kappa shape index (κ2) is 10.1. The third-order valence-corrected chi connectivity index (χ3v) is 6.72. The maximum Gasteiger partial charge on any atom is 0.331 e. The number of barbiturate groups is 1. The number of amides is 4. The van der Waals surface area contributed by atoms with Gasteiger partial charge in [0.2, 0.25) is 0 Å². The standard InChI is InChI=1S/C27H23N3O5S/c1-34-23-10-4-5-11-24(23)35-13-12-29-16-18(20-8-2-3-9-22(20)29)15-21-25(31)28-27(33)30(26(21)32)17-19-7-6-14-36-19/h2-11,14-16H,12-13,17H2,1H3,(H,28,31,33). The van der Waals surface area contributed by atoms with Crippen LogP contribution in [0.25, 0.3) is 17.0 Å². The van der Waals surface area contributed by atoms with Crippen LogP contribution in [-0.2, 0) is 22.7 Å². The van der Waals surface area contributed by atoms with Crippen LogP contribution in [0.15, 0.2) is 77.8 Å². The fourth-order valence-corrected chi connectivity index (χ4v) is 4.81. The van der Waals surface area contributed by atoms with Crippen molar-refractivity contribution in [2.75, 3.05) is 13.7 Å². The molecule has 8 nitrogen and oxygen atoms in total. The molecule has 0 unspecified atom stereocenters. The topological polar surface area (TPSA) is 89.9 Å². The van der Waals surface area contributed by atoms with Gasteiger partial charge in [-0.05, 0) is 35.7 Å². The molecule has 0 radical (unpaired) electrons. The van der Waals surface area contributed by atoms with Gasteiger partial charge in [-0.15, -0.1) is 11.3 Å². The quantitative estimate of drug-likeness (QED) is 0.285. The number of thiophene rings is 1. The minimum absolute atomic E-state index is 0.0840. The van der Waals surface area contributed by atoms with Crippen LogP contribution in [0, 0.1) is 0 Å². The second-order valence-corrected chi connectivity index (χ2v) is 9.11. The molecular formula is C27H23N3O5S. The Labute approximate surface area is 211 Å². The van der Waals surface area contributed by atoms with Crippen molar-refractivity contribution in [2.45, 2.75) is 13.1 Å². The van der Waals surface area contributed by atoms with Crippen LogP contribution in [-0.4, -0.2) is 41.0 Å². The zero-order valence-electron chi connectivity index (χ0n) is 19.5. The zero-order valence-corrected chi connectivity index (χ0v) is 20.3. The van der Waals surface area contributed by atoms with Gasteiger partial charge < -0.3 is 14.0 Å². The Morgan fingerprint density at radius 1 is 0.972 bits per heavy atom. The maximum atomic E-state index is 13.2. The fourth-order valence-electron chi connectivity index (χ4n) is 4.12. The van der Waals surface area contributed by atoms with Crippen LogP contribution in [0.5, 0.6) is 11.5 Å². The highest BCUT2D eigenvalue weighted by molar-refractivity contribution is 7.09. The molecule has 1 saturated heterocycles. The van der Waals surface area contributed by atoms with Gasteiger partial charge in [-0.3, -0.25) is 19.8 Å². The van der Waals surface area contributed by atoms with Gasteiger partial charge in [-0.25, -0.2) is 4.79 Å². The third kappa shape index (κ3) is 4.60. The van der Waals surface area contributed by atoms with Crippen molar-refractivity contribution in [3.8, 4) is 11.5 Å². The number of rotatable bonds is 8. The number of urea groups is 1. The summed E-state index contributed by atoms with van der Waals surface area (Å²) in [7, 11) is 1.60. The van der Waals surface area contributed by atoms with Crippen LogP contribution in [0.3, 0.4) is 0 Å². The van der Waals surface area contributed by atoms with Gasteiger partial charge >= 0.3 is 6.03 Å². The lowest BCUT2D eigenvalue weighted by molar-refractivity contribution is -0.130. The Morgan fingerprint density at radius 3 is 2.53 bits per heavy atom. The van der Waals surface area contributed by atoms with Gasteiger partial charge in [-0.1, -0.05) is 36.4 Å². The summed E-state index contributed by atoms with van der Waals surface area (Å²) in [5.41, 5.74) is 1.55. The summed E-state index contributed by atoms with van der Waals surface area (Å²) >= 11 is 1.44. The Morgan fingerprint density at radius 2 is 1.75 bits per heavy atom. The predicted molar refractivity (Wildman–Crippen MR) is 137 cm³/mol. The van der Waals surface area contributed by atoms with E-state index in [-0.39, 0.29) is 12.1 Å². The first-order chi connectivity index (χ1) is 17.5. The lowest BCUT2D eigenvalue weighted by Crippen LogP contribution is -2.53. The molecule has 182 valence electrons. The van der Waals surface area contributed by atoms with Crippen molar-refractivity contribution in [2.24, 2.45) is 0 Å². The van der Waals surface area contributed by atoms with E-state index in [9.17, 15) is 14.4 Å². The van der Waals surface area contributed by atoms with E-state index in [1.54, 1.807) is 13.2 Å². The molecule has 0 aliphatic carbocycles. The molecule has 1 fully saturated rings. The highest BCUT2D eigenvalue weighted by atomic mass is 32.1. The maximum absolute atomic E-state index is 13.2. The van der Waals surface area contributed by atoms with E-state index in [2.05, 4.69) is 5.32 Å². The number of benzene rings is 2. The van der Waals surface area contributed by atoms with E-state index in [0.29, 0.717) is 30.2 Å². The van der Waals surface area contributed by atoms with Gasteiger partial charge in [0.15, 0.2) is 11.5 Å². The van der Waals surface area contributed by atoms with Gasteiger partial charge in [0.05, 0.1) is 20.2 Å². The van der Waals surface area contributed by atoms with Crippen molar-refractivity contribution in [1.82, 2.24) is 14.8 Å². The summed E-state index contributed by atoms with van der Waals surface area (Å²) in [5, 5.41) is 5.04. The second-order valence-electron chi connectivity index (χ2n) is 8.08. The van der Waals surface area contributed by atoms with E-state index in [1.807, 2.05) is 76.8 Å². The van der Waals surface area contributed by atoms with E-state index in [4.69, 9.17) is 9.47 Å². The van der Waals surface area contributed by atoms with E-state index < -0.39 is 17.8 Å². The fraction of sp³-hybridized carbons (Fsp3) is 0.148. The number of nitrogens with one attached hydrogen (secondary N) is 1. The first-order valence-electron chi connectivity index (χ1n) is 11.3. The Balaban J connectivity index is 1.41. The Bertz CT molecular complexity index is 1470. The van der Waals surface area contributed by atoms with Crippen molar-refractivity contribution in [1.29, 1.82) is 0 Å². The third-order valence-electron chi connectivity index (χ3n) is 5.86. The molecule has 5 rings (SSSR count). The molecule has 2 aromatic heterocycles. The van der Waals surface area contributed by atoms with Crippen LogP contribution >= 0.6 is 11.3 Å². The lowest BCUT2D eigenvalue weighted by Gasteiger charge is -2.25. The molecule has 2 aromatic carbocycles. The minimum Gasteiger partial charge on any atom is -0.493 e. The van der Waals surface area contributed by atoms with Gasteiger partial charge in [-0.2, -0.15) is 0 Å². The molecule has 0 spiro atoms. The summed E-state index contributed by atoms with van der Waals surface area (Å²) < 4.78 is 13.3. The van der Waals surface area contributed by atoms with Crippen molar-refractivity contribution >= 4 is 46.2 Å². The monoisotopic (exact) mass is 501 g/mol. The van der Waals surface area contributed by atoms with Crippen molar-refractivity contribution < 1.29 is 23.9 Å². The predicted octanol–water partition coefficient (Wildman–Crippen LogP) is 4.45. The number of methoxy groups -OCH3 is 1. The smallest absolute Gasteiger partial charge is 0.331 e. The number of carbonyl (C=O) groups excluding carboxylic acids is 3. The summed E-state index contributed by atoms with van der Waals surface area (Å²) in [6.07, 6.45) is 3.43. The molecule has 3 heterocycles. The van der Waals surface area contributed by atoms with Crippen molar-refractivity contribution in [3.63, 3.8) is 0 Å². The average molecular weight is 502 g/mol. The van der Waals surface area contributed by atoms with Gasteiger partial charge in [0.1, 0.15) is 12.2 Å². The normalized spacial score (nSPS) is 15.0. The van der Waals surface area contributed by atoms with Crippen molar-refractivity contribution in [3.05, 3.63) is 88.3 Å². The molecule has 4 amide bonds. The van der Waals surface area contributed by atoms with Gasteiger partial charge in [0, 0.05) is 27.5 Å². The number of aromatic nitrogens is 1. The van der Waals surface area contributed by atoms with Crippen LogP contribution in [0.4, 0.5) is 4.79 Å². The number of para-hydroxylation sites is 3. The number of nitrogens with zero attached hydrogens (tertiary/aromatic N) is 2. The van der Waals surface area contributed by atoms with E-state index >= 15 is 0 Å². The molecule has 36 heavy (non-hydrogen) atoms. The minimum atomic E-state index is -0.716. The molecule has 4 aromatic rings. The number of imide groups is 2. The Kier molecular flexibility index (Phi) is 6.55. The van der Waals surface area contributed by atoms with Gasteiger partial charge in [0.25, 0.3) is 11.8 Å². The Hall–Kier alpha value is -4.37. The molecule has 0 atom stereocenters. The SMILES string of the molecule is COc1ccccc1OCCn1cc(C=C2C(=O)NC(=O)N(Cc3cccs3)C2=O)c2ccccc21. The molecule has 0 bridgehead atoms. The summed E-state index contributed by atoms with van der Waals surface area (Å²) in [5.74, 6) is -0.0141. The number of carbonyl (C=O) groups is 3. The first kappa shape index (κ1) is 23.4. The summed E-state index contributed by atoms with van der Waals surface area (Å²) in [4.78, 5) is 40.0. The van der Waals surface area contributed by atoms with Crippen LogP contribution < -0.4 is 14.8 Å². The highest BCUT2D eigenvalue weighted by Crippen LogP contribution is 2.28. The van der Waals surface area contributed by atoms with E-state index in [1.165, 1.54) is 11.3 Å². The lowest BCUT2D eigenvalue weighted by atomic mass is 10.1. The summed E-state index contributed by atoms with van der Waals surface area (Å²) in [6, 6.07) is 18.1. The largest absolute Gasteiger partial charge is 0.493 e. The molecular weight excluding hydrogens is 478 g/mol.